The number of aromatic nitrogens is 4. The summed E-state index contributed by atoms with van der Waals surface area (Å²) in [7, 11) is 1.97. The number of anilines is 2. The quantitative estimate of drug-likeness (QED) is 0.383. The molecule has 1 amide bonds. The number of fused-ring (bicyclic) bond motifs is 2. The highest BCUT2D eigenvalue weighted by Gasteiger charge is 2.23. The first-order valence-electron chi connectivity index (χ1n) is 9.95. The van der Waals surface area contributed by atoms with Crippen LogP contribution in [-0.4, -0.2) is 25.4 Å². The van der Waals surface area contributed by atoms with E-state index in [1.165, 1.54) is 6.33 Å². The van der Waals surface area contributed by atoms with Gasteiger partial charge in [-0.05, 0) is 36.8 Å². The van der Waals surface area contributed by atoms with Crippen LogP contribution in [0.3, 0.4) is 0 Å². The number of nitrogens with one attached hydrogen (secondary N) is 1. The van der Waals surface area contributed by atoms with Crippen LogP contribution in [0.5, 0.6) is 0 Å². The normalized spacial score (nSPS) is 11.2. The molecule has 0 saturated heterocycles. The van der Waals surface area contributed by atoms with E-state index in [1.807, 2.05) is 48.0 Å². The average Bonchev–Trinajstić information content (AvgIpc) is 3.34. The van der Waals surface area contributed by atoms with Crippen LogP contribution in [0, 0.1) is 0 Å². The molecule has 4 heterocycles. The van der Waals surface area contributed by atoms with Gasteiger partial charge in [0.05, 0.1) is 11.1 Å². The Morgan fingerprint density at radius 2 is 1.94 bits per heavy atom. The number of pyridine rings is 1. The standard InChI is InChI=1S/C24H20N6OS/c1-13(2)23(31)29-16-8-6-14(7-9-16)20-18(17-11-15-5-4-10-26-24(15)32-17)19-21(25)27-12-28-22(19)30(20)3/h4-12H,1H2,2-3H3,(H,29,31)(H2,25,27,28). The summed E-state index contributed by atoms with van der Waals surface area (Å²) in [5.74, 6) is 0.228. The molecule has 0 radical (unpaired) electrons. The van der Waals surface area contributed by atoms with Crippen molar-refractivity contribution in [2.75, 3.05) is 11.1 Å². The number of hydrogen-bond donors (Lipinski definition) is 2. The van der Waals surface area contributed by atoms with Crippen molar-refractivity contribution in [2.24, 2.45) is 7.05 Å². The number of nitrogen functional groups attached to an aromatic ring is 1. The SMILES string of the molecule is C=C(C)C(=O)Nc1ccc(-c2c(-c3cc4cccnc4s3)c3c(N)ncnc3n2C)cc1. The maximum Gasteiger partial charge on any atom is 0.250 e. The first kappa shape index (κ1) is 19.9. The maximum atomic E-state index is 12.0. The van der Waals surface area contributed by atoms with E-state index in [0.717, 1.165) is 42.9 Å². The first-order chi connectivity index (χ1) is 15.4. The second-order valence-corrected chi connectivity index (χ2v) is 8.59. The molecule has 0 fully saturated rings. The lowest BCUT2D eigenvalue weighted by Crippen LogP contribution is -2.11. The van der Waals surface area contributed by atoms with Gasteiger partial charge in [-0.1, -0.05) is 24.8 Å². The number of carbonyl (C=O) groups is 1. The minimum Gasteiger partial charge on any atom is -0.383 e. The maximum absolute atomic E-state index is 12.0. The van der Waals surface area contributed by atoms with E-state index in [2.05, 4.69) is 32.9 Å². The predicted octanol–water partition coefficient (Wildman–Crippen LogP) is 5.01. The molecule has 8 heteroatoms. The molecular formula is C24H20N6OS. The highest BCUT2D eigenvalue weighted by molar-refractivity contribution is 7.22. The molecule has 5 rings (SSSR count). The zero-order chi connectivity index (χ0) is 22.4. The van der Waals surface area contributed by atoms with Crippen molar-refractivity contribution in [2.45, 2.75) is 6.92 Å². The lowest BCUT2D eigenvalue weighted by Gasteiger charge is -2.09. The van der Waals surface area contributed by atoms with E-state index in [-0.39, 0.29) is 5.91 Å². The number of amides is 1. The van der Waals surface area contributed by atoms with Crippen LogP contribution < -0.4 is 11.1 Å². The van der Waals surface area contributed by atoms with Gasteiger partial charge in [-0.3, -0.25) is 4.79 Å². The Morgan fingerprint density at radius 3 is 2.66 bits per heavy atom. The number of nitrogens with two attached hydrogens (primary N) is 1. The van der Waals surface area contributed by atoms with Gasteiger partial charge >= 0.3 is 0 Å². The molecule has 0 saturated carbocycles. The van der Waals surface area contributed by atoms with Gasteiger partial charge in [-0.2, -0.15) is 0 Å². The predicted molar refractivity (Wildman–Crippen MR) is 130 cm³/mol. The fraction of sp³-hybridized carbons (Fsp3) is 0.0833. The summed E-state index contributed by atoms with van der Waals surface area (Å²) in [4.78, 5) is 27.2. The second-order valence-electron chi connectivity index (χ2n) is 7.56. The Kier molecular flexibility index (Phi) is 4.71. The van der Waals surface area contributed by atoms with Gasteiger partial charge in [0.1, 0.15) is 22.6 Å². The number of hydrogen-bond acceptors (Lipinski definition) is 6. The Balaban J connectivity index is 1.72. The van der Waals surface area contributed by atoms with E-state index < -0.39 is 0 Å². The Bertz CT molecular complexity index is 1480. The van der Waals surface area contributed by atoms with Crippen molar-refractivity contribution in [3.05, 3.63) is 67.1 Å². The Hall–Kier alpha value is -4.04. The molecule has 5 aromatic rings. The van der Waals surface area contributed by atoms with E-state index in [0.29, 0.717) is 17.1 Å². The van der Waals surface area contributed by atoms with Crippen LogP contribution in [0.1, 0.15) is 6.92 Å². The summed E-state index contributed by atoms with van der Waals surface area (Å²) in [6.45, 7) is 5.36. The van der Waals surface area contributed by atoms with Crippen molar-refractivity contribution in [3.63, 3.8) is 0 Å². The van der Waals surface area contributed by atoms with Gasteiger partial charge in [-0.15, -0.1) is 11.3 Å². The third-order valence-electron chi connectivity index (χ3n) is 5.34. The van der Waals surface area contributed by atoms with Gasteiger partial charge in [0.15, 0.2) is 0 Å². The van der Waals surface area contributed by atoms with Crippen LogP contribution in [0.15, 0.2) is 67.1 Å². The van der Waals surface area contributed by atoms with Gasteiger partial charge in [0, 0.05) is 40.3 Å². The Morgan fingerprint density at radius 1 is 1.16 bits per heavy atom. The largest absolute Gasteiger partial charge is 0.383 e. The molecule has 0 atom stereocenters. The molecule has 0 unspecified atom stereocenters. The zero-order valence-electron chi connectivity index (χ0n) is 17.6. The highest BCUT2D eigenvalue weighted by atomic mass is 32.1. The lowest BCUT2D eigenvalue weighted by atomic mass is 10.0. The molecule has 4 aromatic heterocycles. The Labute approximate surface area is 188 Å². The average molecular weight is 441 g/mol. The molecule has 32 heavy (non-hydrogen) atoms. The van der Waals surface area contributed by atoms with E-state index in [9.17, 15) is 4.79 Å². The fourth-order valence-electron chi connectivity index (χ4n) is 3.80. The number of benzene rings is 1. The molecule has 1 aromatic carbocycles. The molecule has 158 valence electrons. The summed E-state index contributed by atoms with van der Waals surface area (Å²) in [5.41, 5.74) is 11.2. The zero-order valence-corrected chi connectivity index (χ0v) is 18.4. The van der Waals surface area contributed by atoms with Gasteiger partial charge in [0.2, 0.25) is 0 Å². The number of carbonyl (C=O) groups excluding carboxylic acids is 1. The molecule has 0 spiro atoms. The van der Waals surface area contributed by atoms with Crippen LogP contribution >= 0.6 is 11.3 Å². The monoisotopic (exact) mass is 440 g/mol. The molecule has 0 bridgehead atoms. The van der Waals surface area contributed by atoms with Crippen LogP contribution in [0.2, 0.25) is 0 Å². The van der Waals surface area contributed by atoms with Crippen molar-refractivity contribution >= 4 is 50.0 Å². The van der Waals surface area contributed by atoms with E-state index >= 15 is 0 Å². The second kappa shape index (κ2) is 7.58. The molecule has 0 aliphatic carbocycles. The first-order valence-corrected chi connectivity index (χ1v) is 10.8. The van der Waals surface area contributed by atoms with Crippen LogP contribution in [-0.2, 0) is 11.8 Å². The summed E-state index contributed by atoms with van der Waals surface area (Å²) < 4.78 is 2.03. The van der Waals surface area contributed by atoms with E-state index in [1.54, 1.807) is 24.5 Å². The van der Waals surface area contributed by atoms with Gasteiger partial charge < -0.3 is 15.6 Å². The fourth-order valence-corrected chi connectivity index (χ4v) is 4.85. The third-order valence-corrected chi connectivity index (χ3v) is 6.42. The third kappa shape index (κ3) is 3.21. The summed E-state index contributed by atoms with van der Waals surface area (Å²) in [5, 5.41) is 4.73. The molecule has 0 aliphatic rings. The number of thiophene rings is 1. The number of rotatable bonds is 4. The molecular weight excluding hydrogens is 420 g/mol. The van der Waals surface area contributed by atoms with Crippen LogP contribution in [0.4, 0.5) is 11.5 Å². The van der Waals surface area contributed by atoms with E-state index in [4.69, 9.17) is 5.73 Å². The van der Waals surface area contributed by atoms with Crippen molar-refractivity contribution < 1.29 is 4.79 Å². The smallest absolute Gasteiger partial charge is 0.250 e. The summed E-state index contributed by atoms with van der Waals surface area (Å²) in [6.07, 6.45) is 3.27. The van der Waals surface area contributed by atoms with Gasteiger partial charge in [0.25, 0.3) is 5.91 Å². The minimum absolute atomic E-state index is 0.205. The number of nitrogens with zero attached hydrogens (tertiary/aromatic N) is 4. The summed E-state index contributed by atoms with van der Waals surface area (Å²) in [6, 6.07) is 13.8. The minimum atomic E-state index is -0.205. The molecule has 7 nitrogen and oxygen atoms in total. The van der Waals surface area contributed by atoms with Crippen molar-refractivity contribution in [3.8, 4) is 21.7 Å². The van der Waals surface area contributed by atoms with Crippen molar-refractivity contribution in [1.29, 1.82) is 0 Å². The molecule has 0 aliphatic heterocycles. The topological polar surface area (TPSA) is 98.7 Å². The molecule has 3 N–H and O–H groups in total. The van der Waals surface area contributed by atoms with Crippen LogP contribution in [0.25, 0.3) is 42.9 Å². The van der Waals surface area contributed by atoms with Crippen molar-refractivity contribution in [1.82, 2.24) is 19.5 Å². The van der Waals surface area contributed by atoms with Gasteiger partial charge in [-0.25, -0.2) is 15.0 Å². The lowest BCUT2D eigenvalue weighted by molar-refractivity contribution is -0.112. The number of aryl methyl sites for hydroxylation is 1. The highest BCUT2D eigenvalue weighted by Crippen LogP contribution is 2.45. The summed E-state index contributed by atoms with van der Waals surface area (Å²) >= 11 is 1.61.